The Morgan fingerprint density at radius 2 is 0.980 bits per heavy atom. The number of hydrogen-bond acceptors (Lipinski definition) is 4. The molecule has 4 nitrogen and oxygen atoms in total. The Balaban J connectivity index is 1.28. The standard InChI is InChI=1S/C45H42N2O2/c1-33(2)45(48)49-32-10-12-38-11-8-9-15-44(38)47(42-26-18-35(4)19-27-42)43-30-22-37(23-31-43)36-20-28-41(29-21-36)46(39-13-6-5-7-14-39)40-24-16-34(3)17-25-40/h5-9,11,13-31H,1,10,12,32H2,2-4H3. The smallest absolute Gasteiger partial charge is 0.333 e. The van der Waals surface area contributed by atoms with Gasteiger partial charge in [-0.25, -0.2) is 4.79 Å². The van der Waals surface area contributed by atoms with Crippen molar-refractivity contribution in [1.29, 1.82) is 0 Å². The van der Waals surface area contributed by atoms with Crippen molar-refractivity contribution in [2.45, 2.75) is 33.6 Å². The van der Waals surface area contributed by atoms with E-state index >= 15 is 0 Å². The van der Waals surface area contributed by atoms with Crippen LogP contribution in [-0.2, 0) is 16.0 Å². The van der Waals surface area contributed by atoms with Crippen molar-refractivity contribution in [2.75, 3.05) is 16.4 Å². The molecule has 0 atom stereocenters. The third kappa shape index (κ3) is 7.99. The molecule has 0 saturated heterocycles. The summed E-state index contributed by atoms with van der Waals surface area (Å²) in [5, 5.41) is 0. The van der Waals surface area contributed by atoms with Crippen LogP contribution >= 0.6 is 0 Å². The minimum Gasteiger partial charge on any atom is -0.462 e. The van der Waals surface area contributed by atoms with Crippen molar-refractivity contribution < 1.29 is 9.53 Å². The molecule has 0 amide bonds. The molecular weight excluding hydrogens is 601 g/mol. The number of anilines is 6. The molecule has 0 N–H and O–H groups in total. The number of hydrogen-bond donors (Lipinski definition) is 0. The molecule has 4 heteroatoms. The molecule has 0 aliphatic carbocycles. The number of ether oxygens (including phenoxy) is 1. The van der Waals surface area contributed by atoms with Crippen LogP contribution < -0.4 is 9.80 Å². The predicted octanol–water partition coefficient (Wildman–Crippen LogP) is 12.0. The van der Waals surface area contributed by atoms with Crippen molar-refractivity contribution in [3.8, 4) is 11.1 Å². The minimum atomic E-state index is -0.343. The lowest BCUT2D eigenvalue weighted by atomic mass is 10.0. The summed E-state index contributed by atoms with van der Waals surface area (Å²) < 4.78 is 5.38. The number of carbonyl (C=O) groups is 1. The van der Waals surface area contributed by atoms with E-state index in [0.29, 0.717) is 12.2 Å². The van der Waals surface area contributed by atoms with E-state index < -0.39 is 0 Å². The van der Waals surface area contributed by atoms with E-state index in [1.54, 1.807) is 6.92 Å². The Labute approximate surface area is 290 Å². The van der Waals surface area contributed by atoms with Gasteiger partial charge in [0.05, 0.1) is 6.61 Å². The van der Waals surface area contributed by atoms with Gasteiger partial charge in [0.25, 0.3) is 0 Å². The summed E-state index contributed by atoms with van der Waals surface area (Å²) in [6.45, 7) is 9.92. The molecule has 6 rings (SSSR count). The second kappa shape index (κ2) is 15.4. The van der Waals surface area contributed by atoms with Gasteiger partial charge >= 0.3 is 5.97 Å². The van der Waals surface area contributed by atoms with Crippen LogP contribution in [0.1, 0.15) is 30.0 Å². The zero-order valence-corrected chi connectivity index (χ0v) is 28.5. The van der Waals surface area contributed by atoms with Crippen LogP contribution in [0.15, 0.2) is 164 Å². The van der Waals surface area contributed by atoms with Gasteiger partial charge in [0.15, 0.2) is 0 Å². The van der Waals surface area contributed by atoms with Gasteiger partial charge in [-0.05, 0) is 117 Å². The van der Waals surface area contributed by atoms with Gasteiger partial charge in [-0.1, -0.05) is 103 Å². The van der Waals surface area contributed by atoms with Crippen LogP contribution in [0.5, 0.6) is 0 Å². The minimum absolute atomic E-state index is 0.343. The number of aryl methyl sites for hydroxylation is 3. The van der Waals surface area contributed by atoms with E-state index in [4.69, 9.17) is 4.74 Å². The average Bonchev–Trinajstić information content (AvgIpc) is 3.13. The highest BCUT2D eigenvalue weighted by Gasteiger charge is 2.17. The topological polar surface area (TPSA) is 32.8 Å². The monoisotopic (exact) mass is 642 g/mol. The first kappa shape index (κ1) is 33.0. The van der Waals surface area contributed by atoms with Gasteiger partial charge in [-0.15, -0.1) is 0 Å². The van der Waals surface area contributed by atoms with Crippen LogP contribution in [0.3, 0.4) is 0 Å². The molecule has 0 spiro atoms. The number of nitrogens with zero attached hydrogens (tertiary/aromatic N) is 2. The first-order chi connectivity index (χ1) is 23.9. The van der Waals surface area contributed by atoms with E-state index in [1.165, 1.54) is 16.7 Å². The lowest BCUT2D eigenvalue weighted by Crippen LogP contribution is -2.13. The first-order valence-electron chi connectivity index (χ1n) is 16.8. The third-order valence-corrected chi connectivity index (χ3v) is 8.59. The van der Waals surface area contributed by atoms with E-state index in [1.807, 2.05) is 6.07 Å². The van der Waals surface area contributed by atoms with Gasteiger partial charge < -0.3 is 14.5 Å². The number of rotatable bonds is 12. The molecule has 0 aromatic heterocycles. The fourth-order valence-corrected chi connectivity index (χ4v) is 5.94. The SMILES string of the molecule is C=C(C)C(=O)OCCCc1ccccc1N(c1ccc(C)cc1)c1ccc(-c2ccc(N(c3ccccc3)c3ccc(C)cc3)cc2)cc1. The van der Waals surface area contributed by atoms with Gasteiger partial charge in [0, 0.05) is 39.7 Å². The van der Waals surface area contributed by atoms with E-state index in [0.717, 1.165) is 58.1 Å². The number of benzene rings is 6. The Morgan fingerprint density at radius 3 is 1.49 bits per heavy atom. The predicted molar refractivity (Wildman–Crippen MR) is 205 cm³/mol. The maximum absolute atomic E-state index is 11.9. The number of para-hydroxylation sites is 2. The third-order valence-electron chi connectivity index (χ3n) is 8.59. The number of carbonyl (C=O) groups excluding carboxylic acids is 1. The van der Waals surface area contributed by atoms with Gasteiger partial charge in [-0.3, -0.25) is 0 Å². The lowest BCUT2D eigenvalue weighted by molar-refractivity contribution is -0.139. The second-order valence-corrected chi connectivity index (χ2v) is 12.4. The molecule has 0 saturated carbocycles. The Kier molecular flexibility index (Phi) is 10.4. The molecule has 49 heavy (non-hydrogen) atoms. The van der Waals surface area contributed by atoms with E-state index in [2.05, 4.69) is 176 Å². The highest BCUT2D eigenvalue weighted by molar-refractivity contribution is 5.87. The zero-order valence-electron chi connectivity index (χ0n) is 28.5. The molecule has 6 aromatic carbocycles. The molecule has 0 heterocycles. The maximum Gasteiger partial charge on any atom is 0.333 e. The number of esters is 1. The lowest BCUT2D eigenvalue weighted by Gasteiger charge is -2.28. The fraction of sp³-hybridized carbons (Fsp3) is 0.133. The summed E-state index contributed by atoms with van der Waals surface area (Å²) in [4.78, 5) is 16.5. The van der Waals surface area contributed by atoms with Crippen LogP contribution in [-0.4, -0.2) is 12.6 Å². The molecule has 0 radical (unpaired) electrons. The van der Waals surface area contributed by atoms with Crippen molar-refractivity contribution in [3.63, 3.8) is 0 Å². The van der Waals surface area contributed by atoms with Crippen molar-refractivity contribution in [2.24, 2.45) is 0 Å². The molecule has 6 aromatic rings. The largest absolute Gasteiger partial charge is 0.462 e. The van der Waals surface area contributed by atoms with E-state index in [-0.39, 0.29) is 5.97 Å². The molecule has 0 unspecified atom stereocenters. The maximum atomic E-state index is 11.9. The molecule has 244 valence electrons. The van der Waals surface area contributed by atoms with Crippen LogP contribution in [0, 0.1) is 13.8 Å². The Bertz CT molecular complexity index is 2000. The fourth-order valence-electron chi connectivity index (χ4n) is 5.94. The zero-order chi connectivity index (χ0) is 34.2. The summed E-state index contributed by atoms with van der Waals surface area (Å²) in [6.07, 6.45) is 1.49. The van der Waals surface area contributed by atoms with Crippen LogP contribution in [0.25, 0.3) is 11.1 Å². The highest BCUT2D eigenvalue weighted by Crippen LogP contribution is 2.39. The van der Waals surface area contributed by atoms with Crippen LogP contribution in [0.2, 0.25) is 0 Å². The van der Waals surface area contributed by atoms with Gasteiger partial charge in [-0.2, -0.15) is 0 Å². The summed E-state index contributed by atoms with van der Waals surface area (Å²) >= 11 is 0. The Morgan fingerprint density at radius 1 is 0.551 bits per heavy atom. The van der Waals surface area contributed by atoms with Crippen molar-refractivity contribution >= 4 is 40.1 Å². The van der Waals surface area contributed by atoms with E-state index in [9.17, 15) is 4.79 Å². The highest BCUT2D eigenvalue weighted by atomic mass is 16.5. The first-order valence-corrected chi connectivity index (χ1v) is 16.8. The summed E-state index contributed by atoms with van der Waals surface area (Å²) in [6, 6.07) is 53.8. The van der Waals surface area contributed by atoms with Crippen molar-refractivity contribution in [3.05, 3.63) is 181 Å². The molecule has 0 bridgehead atoms. The summed E-state index contributed by atoms with van der Waals surface area (Å²) in [7, 11) is 0. The normalized spacial score (nSPS) is 10.8. The van der Waals surface area contributed by atoms with Crippen molar-refractivity contribution in [1.82, 2.24) is 0 Å². The molecular formula is C45H42N2O2. The molecule has 0 fully saturated rings. The molecule has 0 aliphatic rings. The van der Waals surface area contributed by atoms with Gasteiger partial charge in [0.2, 0.25) is 0 Å². The van der Waals surface area contributed by atoms with Crippen LogP contribution in [0.4, 0.5) is 34.1 Å². The quantitative estimate of drug-likeness (QED) is 0.0755. The second-order valence-electron chi connectivity index (χ2n) is 12.4. The average molecular weight is 643 g/mol. The van der Waals surface area contributed by atoms with Gasteiger partial charge in [0.1, 0.15) is 0 Å². The summed E-state index contributed by atoms with van der Waals surface area (Å²) in [5.41, 5.74) is 13.0. The summed E-state index contributed by atoms with van der Waals surface area (Å²) in [5.74, 6) is -0.343. The molecule has 0 aliphatic heterocycles. The Hall–Kier alpha value is -5.87.